The zero-order valence-corrected chi connectivity index (χ0v) is 37.3. The normalized spacial score (nSPS) is 18.6. The maximum atomic E-state index is 6.56. The van der Waals surface area contributed by atoms with Crippen LogP contribution in [0, 0.1) is 0 Å². The molecule has 63 heavy (non-hydrogen) atoms. The Hall–Kier alpha value is -4.94. The summed E-state index contributed by atoms with van der Waals surface area (Å²) in [6.07, 6.45) is 6.71. The Morgan fingerprint density at radius 2 is 1.32 bits per heavy atom. The van der Waals surface area contributed by atoms with Gasteiger partial charge in [0.1, 0.15) is 24.5 Å². The van der Waals surface area contributed by atoms with Gasteiger partial charge in [-0.2, -0.15) is 0 Å². The van der Waals surface area contributed by atoms with E-state index in [1.165, 1.54) is 48.4 Å². The van der Waals surface area contributed by atoms with Crippen LogP contribution in [0.2, 0.25) is 0 Å². The van der Waals surface area contributed by atoms with E-state index in [9.17, 15) is 0 Å². The molecule has 2 fully saturated rings. The van der Waals surface area contributed by atoms with E-state index in [1.54, 1.807) is 0 Å². The molecule has 0 radical (unpaired) electrons. The maximum Gasteiger partial charge on any atom is 0.152 e. The van der Waals surface area contributed by atoms with Gasteiger partial charge in [-0.3, -0.25) is 19.7 Å². The van der Waals surface area contributed by atoms with Crippen LogP contribution in [0.15, 0.2) is 137 Å². The summed E-state index contributed by atoms with van der Waals surface area (Å²) < 4.78 is 19.1. The Bertz CT molecular complexity index is 2690. The summed E-state index contributed by atoms with van der Waals surface area (Å²) in [6.45, 7) is 7.77. The molecule has 0 N–H and O–H groups in total. The lowest BCUT2D eigenvalue weighted by Crippen LogP contribution is -2.47. The minimum Gasteiger partial charge on any atom is -0.475 e. The fraction of sp³-hybridized carbons (Fsp3) is 0.321. The highest BCUT2D eigenvalue weighted by Gasteiger charge is 2.31. The molecule has 6 heterocycles. The molecule has 4 aliphatic heterocycles. The molecule has 1 unspecified atom stereocenters. The average molecular weight is 872 g/mol. The highest BCUT2D eigenvalue weighted by Crippen LogP contribution is 2.40. The second-order valence-corrected chi connectivity index (χ2v) is 19.5. The largest absolute Gasteiger partial charge is 0.475 e. The number of piperidine rings is 1. The predicted molar refractivity (Wildman–Crippen MR) is 255 cm³/mol. The monoisotopic (exact) mass is 871 g/mol. The molecule has 11 rings (SSSR count). The zero-order valence-electron chi connectivity index (χ0n) is 35.7. The molecule has 8 nitrogen and oxygen atoms in total. The molecular formula is C53H53N5O3S2. The number of ether oxygens (including phenoxy) is 3. The van der Waals surface area contributed by atoms with Crippen molar-refractivity contribution < 1.29 is 14.2 Å². The lowest BCUT2D eigenvalue weighted by atomic mass is 9.99. The number of hydrogen-bond acceptors (Lipinski definition) is 10. The first-order valence-electron chi connectivity index (χ1n) is 22.5. The van der Waals surface area contributed by atoms with Crippen molar-refractivity contribution in [2.24, 2.45) is 0 Å². The van der Waals surface area contributed by atoms with Crippen molar-refractivity contribution in [2.45, 2.75) is 78.8 Å². The van der Waals surface area contributed by atoms with Crippen molar-refractivity contribution in [1.82, 2.24) is 24.7 Å². The zero-order chi connectivity index (χ0) is 42.0. The van der Waals surface area contributed by atoms with Crippen molar-refractivity contribution in [2.75, 3.05) is 39.7 Å². The van der Waals surface area contributed by atoms with Crippen LogP contribution in [0.4, 0.5) is 0 Å². The Morgan fingerprint density at radius 3 is 2.03 bits per heavy atom. The summed E-state index contributed by atoms with van der Waals surface area (Å²) in [6, 6.07) is 44.3. The molecule has 0 aliphatic carbocycles. The number of likely N-dealkylation sites (tertiary alicyclic amines) is 1. The van der Waals surface area contributed by atoms with E-state index in [0.29, 0.717) is 25.6 Å². The Labute approximate surface area is 379 Å². The molecule has 0 saturated carbocycles. The summed E-state index contributed by atoms with van der Waals surface area (Å²) >= 11 is 3.75. The van der Waals surface area contributed by atoms with Crippen molar-refractivity contribution >= 4 is 45.3 Å². The van der Waals surface area contributed by atoms with Gasteiger partial charge in [-0.05, 0) is 104 Å². The Morgan fingerprint density at radius 1 is 0.635 bits per heavy atom. The molecule has 0 amide bonds. The van der Waals surface area contributed by atoms with Crippen LogP contribution < -0.4 is 9.47 Å². The third-order valence-corrected chi connectivity index (χ3v) is 15.3. The van der Waals surface area contributed by atoms with Gasteiger partial charge in [0.15, 0.2) is 11.5 Å². The number of nitrogens with zero attached hydrogens (tertiary/aromatic N) is 5. The molecular weight excluding hydrogens is 819 g/mol. The molecule has 7 aromatic rings. The van der Waals surface area contributed by atoms with Crippen LogP contribution in [0.1, 0.15) is 53.5 Å². The molecule has 10 heteroatoms. The topological polar surface area (TPSA) is 63.2 Å². The van der Waals surface area contributed by atoms with Crippen molar-refractivity contribution in [3.63, 3.8) is 0 Å². The number of rotatable bonds is 12. The van der Waals surface area contributed by atoms with Gasteiger partial charge in [0.2, 0.25) is 0 Å². The first-order valence-corrected chi connectivity index (χ1v) is 24.5. The van der Waals surface area contributed by atoms with E-state index >= 15 is 0 Å². The van der Waals surface area contributed by atoms with Crippen LogP contribution >= 0.6 is 23.5 Å². The number of aromatic nitrogens is 2. The van der Waals surface area contributed by atoms with Crippen LogP contribution in [0.5, 0.6) is 11.5 Å². The quantitative estimate of drug-likeness (QED) is 0.111. The van der Waals surface area contributed by atoms with Gasteiger partial charge >= 0.3 is 0 Å². The number of benzene rings is 5. The van der Waals surface area contributed by atoms with Crippen LogP contribution in [0.3, 0.4) is 0 Å². The van der Waals surface area contributed by atoms with Gasteiger partial charge in [0.05, 0.1) is 11.8 Å². The van der Waals surface area contributed by atoms with Crippen LogP contribution in [-0.4, -0.2) is 76.5 Å². The van der Waals surface area contributed by atoms with Gasteiger partial charge in [-0.25, -0.2) is 4.98 Å². The van der Waals surface area contributed by atoms with E-state index in [2.05, 4.69) is 130 Å². The van der Waals surface area contributed by atoms with E-state index in [0.717, 1.165) is 117 Å². The highest BCUT2D eigenvalue weighted by atomic mass is 32.2. The lowest BCUT2D eigenvalue weighted by Gasteiger charge is -2.40. The third kappa shape index (κ3) is 9.08. The fourth-order valence-corrected chi connectivity index (χ4v) is 11.6. The number of thioether (sulfide) groups is 2. The molecule has 1 atom stereocenters. The lowest BCUT2D eigenvalue weighted by molar-refractivity contribution is 0.0250. The van der Waals surface area contributed by atoms with Gasteiger partial charge < -0.3 is 14.2 Å². The number of fused-ring (bicyclic) bond motifs is 6. The van der Waals surface area contributed by atoms with Gasteiger partial charge in [-0.1, -0.05) is 72.8 Å². The van der Waals surface area contributed by atoms with Gasteiger partial charge in [-0.15, -0.1) is 23.5 Å². The number of hydrogen-bond donors (Lipinski definition) is 0. The minimum absolute atomic E-state index is 0.292. The standard InChI is InChI=1S/C53H53N5O3S2/c1-3-10-45(11-4-1)62-33-41-28-40-31-58(36-61-52(40)50-47(41)14-7-23-54-50)43-21-24-56(25-22-43)29-37-15-17-38(18-16-37)49-20-19-48-42(34-63-46-12-5-2-6-13-46)27-39-30-57(32-44-9-8-26-59-44)35-60-53(39)51(48)55-49/h1-7,10-20,23,27-28,43-44H,8-9,21-22,24-26,29-36H2. The molecule has 0 spiro atoms. The average Bonchev–Trinajstić information content (AvgIpc) is 3.86. The molecule has 4 aliphatic rings. The number of pyridine rings is 2. The van der Waals surface area contributed by atoms with Crippen molar-refractivity contribution in [3.05, 3.63) is 155 Å². The van der Waals surface area contributed by atoms with Crippen LogP contribution in [0.25, 0.3) is 33.1 Å². The summed E-state index contributed by atoms with van der Waals surface area (Å²) in [5.41, 5.74) is 10.5. The predicted octanol–water partition coefficient (Wildman–Crippen LogP) is 11.2. The van der Waals surface area contributed by atoms with Crippen LogP contribution in [-0.2, 0) is 35.9 Å². The minimum atomic E-state index is 0.292. The highest BCUT2D eigenvalue weighted by molar-refractivity contribution is 7.98. The third-order valence-electron chi connectivity index (χ3n) is 13.1. The second kappa shape index (κ2) is 18.6. The van der Waals surface area contributed by atoms with Crippen molar-refractivity contribution in [3.8, 4) is 22.8 Å². The Balaban J connectivity index is 0.750. The SMILES string of the molecule is c1ccc(SCc2cc3c(c4ncccc24)OCN(C2CCN(Cc4ccc(-c5ccc6c(CSc7ccccc7)cc7c(c6n5)OCN(CC5CCCO5)C7)cc4)CC2)C3)cc1. The van der Waals surface area contributed by atoms with E-state index in [1.807, 2.05) is 35.8 Å². The first-order chi connectivity index (χ1) is 31.2. The van der Waals surface area contributed by atoms with E-state index < -0.39 is 0 Å². The summed E-state index contributed by atoms with van der Waals surface area (Å²) in [5.74, 6) is 3.66. The summed E-state index contributed by atoms with van der Waals surface area (Å²) in [4.78, 5) is 20.2. The van der Waals surface area contributed by atoms with Gasteiger partial charge in [0.25, 0.3) is 0 Å². The van der Waals surface area contributed by atoms with E-state index in [-0.39, 0.29) is 0 Å². The summed E-state index contributed by atoms with van der Waals surface area (Å²) in [7, 11) is 0. The molecule has 2 saturated heterocycles. The first kappa shape index (κ1) is 40.8. The molecule has 320 valence electrons. The second-order valence-electron chi connectivity index (χ2n) is 17.4. The van der Waals surface area contributed by atoms with Crippen molar-refractivity contribution in [1.29, 1.82) is 0 Å². The smallest absolute Gasteiger partial charge is 0.152 e. The molecule has 2 aromatic heterocycles. The fourth-order valence-electron chi connectivity index (χ4n) is 9.82. The maximum absolute atomic E-state index is 6.56. The Kier molecular flexibility index (Phi) is 12.1. The molecule has 5 aromatic carbocycles. The van der Waals surface area contributed by atoms with E-state index in [4.69, 9.17) is 24.2 Å². The molecule has 0 bridgehead atoms. The van der Waals surface area contributed by atoms with Gasteiger partial charge in [0, 0.05) is 93.8 Å². The summed E-state index contributed by atoms with van der Waals surface area (Å²) in [5, 5.41) is 2.36.